The van der Waals surface area contributed by atoms with Crippen LogP contribution < -0.4 is 0 Å². The van der Waals surface area contributed by atoms with Crippen molar-refractivity contribution in [1.82, 2.24) is 9.80 Å². The topological polar surface area (TPSA) is 57.7 Å². The van der Waals surface area contributed by atoms with Gasteiger partial charge in [0.1, 0.15) is 0 Å². The Labute approximate surface area is 143 Å². The molecule has 1 aromatic carbocycles. The fourth-order valence-electron chi connectivity index (χ4n) is 2.75. The molecule has 0 aliphatic carbocycles. The lowest BCUT2D eigenvalue weighted by atomic mass is 10.1. The lowest BCUT2D eigenvalue weighted by Gasteiger charge is -2.35. The summed E-state index contributed by atoms with van der Waals surface area (Å²) in [7, 11) is -3.45. The van der Waals surface area contributed by atoms with Crippen LogP contribution in [0, 0.1) is 5.92 Å². The summed E-state index contributed by atoms with van der Waals surface area (Å²) in [4.78, 5) is 16.7. The number of carbonyl (C=O) groups is 1. The lowest BCUT2D eigenvalue weighted by Crippen LogP contribution is -2.49. The maximum absolute atomic E-state index is 12.6. The molecule has 7 heteroatoms. The molecule has 0 N–H and O–H groups in total. The van der Waals surface area contributed by atoms with Gasteiger partial charge in [-0.05, 0) is 24.1 Å². The van der Waals surface area contributed by atoms with Crippen LogP contribution >= 0.6 is 11.6 Å². The normalized spacial score (nSPS) is 16.8. The molecule has 0 atom stereocenters. The highest BCUT2D eigenvalue weighted by Gasteiger charge is 2.24. The standard InChI is InChI=1S/C16H23ClN2O3S/c1-12(2)11-18-6-8-19(9-7-18)16(20)13-4-5-14(17)15(10-13)23(3,21)22/h4-5,10,12H,6-9,11H2,1-3H3. The van der Waals surface area contributed by atoms with Crippen LogP contribution in [0.5, 0.6) is 0 Å². The van der Waals surface area contributed by atoms with Crippen LogP contribution in [0.25, 0.3) is 0 Å². The molecule has 0 spiro atoms. The van der Waals surface area contributed by atoms with Crippen LogP contribution in [-0.4, -0.2) is 63.1 Å². The van der Waals surface area contributed by atoms with E-state index < -0.39 is 9.84 Å². The van der Waals surface area contributed by atoms with Crippen molar-refractivity contribution in [2.75, 3.05) is 39.0 Å². The second kappa shape index (κ2) is 7.20. The zero-order valence-electron chi connectivity index (χ0n) is 13.8. The predicted molar refractivity (Wildman–Crippen MR) is 91.7 cm³/mol. The van der Waals surface area contributed by atoms with Gasteiger partial charge >= 0.3 is 0 Å². The van der Waals surface area contributed by atoms with E-state index in [2.05, 4.69) is 18.7 Å². The number of nitrogens with zero attached hydrogens (tertiary/aromatic N) is 2. The van der Waals surface area contributed by atoms with Gasteiger partial charge in [-0.1, -0.05) is 25.4 Å². The van der Waals surface area contributed by atoms with Crippen molar-refractivity contribution in [3.05, 3.63) is 28.8 Å². The molecule has 23 heavy (non-hydrogen) atoms. The summed E-state index contributed by atoms with van der Waals surface area (Å²) in [6.45, 7) is 8.38. The first-order valence-electron chi connectivity index (χ1n) is 7.69. The Kier molecular flexibility index (Phi) is 5.70. The number of hydrogen-bond donors (Lipinski definition) is 0. The number of halogens is 1. The molecule has 0 bridgehead atoms. The zero-order chi connectivity index (χ0) is 17.2. The van der Waals surface area contributed by atoms with Crippen LogP contribution in [0.2, 0.25) is 5.02 Å². The Bertz CT molecular complexity index is 681. The van der Waals surface area contributed by atoms with E-state index in [4.69, 9.17) is 11.6 Å². The van der Waals surface area contributed by atoms with Crippen molar-refractivity contribution in [2.45, 2.75) is 18.7 Å². The number of carbonyl (C=O) groups excluding carboxylic acids is 1. The largest absolute Gasteiger partial charge is 0.336 e. The molecule has 1 saturated heterocycles. The van der Waals surface area contributed by atoms with Gasteiger partial charge < -0.3 is 4.90 Å². The van der Waals surface area contributed by atoms with E-state index in [1.165, 1.54) is 12.1 Å². The number of hydrogen-bond acceptors (Lipinski definition) is 4. The third kappa shape index (κ3) is 4.68. The second-order valence-electron chi connectivity index (χ2n) is 6.40. The summed E-state index contributed by atoms with van der Waals surface area (Å²) in [5.74, 6) is 0.460. The summed E-state index contributed by atoms with van der Waals surface area (Å²) in [6.07, 6.45) is 1.09. The van der Waals surface area contributed by atoms with Gasteiger partial charge in [-0.2, -0.15) is 0 Å². The highest BCUT2D eigenvalue weighted by atomic mass is 35.5. The molecular formula is C16H23ClN2O3S. The van der Waals surface area contributed by atoms with Crippen molar-refractivity contribution in [2.24, 2.45) is 5.92 Å². The molecule has 2 rings (SSSR count). The van der Waals surface area contributed by atoms with Crippen LogP contribution in [0.3, 0.4) is 0 Å². The van der Waals surface area contributed by atoms with Gasteiger partial charge in [-0.25, -0.2) is 8.42 Å². The SMILES string of the molecule is CC(C)CN1CCN(C(=O)c2ccc(Cl)c(S(C)(=O)=O)c2)CC1. The molecule has 1 fully saturated rings. The minimum atomic E-state index is -3.45. The van der Waals surface area contributed by atoms with Gasteiger partial charge in [-0.15, -0.1) is 0 Å². The van der Waals surface area contributed by atoms with Gasteiger partial charge in [0.15, 0.2) is 9.84 Å². The smallest absolute Gasteiger partial charge is 0.253 e. The molecule has 0 saturated carbocycles. The molecule has 1 aliphatic rings. The fourth-order valence-corrected chi connectivity index (χ4v) is 4.05. The van der Waals surface area contributed by atoms with Crippen LogP contribution in [0.15, 0.2) is 23.1 Å². The van der Waals surface area contributed by atoms with Crippen molar-refractivity contribution >= 4 is 27.3 Å². The molecule has 0 unspecified atom stereocenters. The molecule has 1 amide bonds. The number of benzene rings is 1. The molecule has 1 aromatic rings. The van der Waals surface area contributed by atoms with Gasteiger partial charge in [0.25, 0.3) is 5.91 Å². The van der Waals surface area contributed by atoms with E-state index in [-0.39, 0.29) is 15.8 Å². The van der Waals surface area contributed by atoms with Gasteiger partial charge in [-0.3, -0.25) is 9.69 Å². The third-order valence-electron chi connectivity index (χ3n) is 3.86. The lowest BCUT2D eigenvalue weighted by molar-refractivity contribution is 0.0623. The average molecular weight is 359 g/mol. The van der Waals surface area contributed by atoms with E-state index in [9.17, 15) is 13.2 Å². The van der Waals surface area contributed by atoms with Crippen molar-refractivity contribution in [3.8, 4) is 0 Å². The molecule has 1 aliphatic heterocycles. The zero-order valence-corrected chi connectivity index (χ0v) is 15.3. The maximum atomic E-state index is 12.6. The summed E-state index contributed by atoms with van der Waals surface area (Å²) >= 11 is 5.93. The van der Waals surface area contributed by atoms with Crippen LogP contribution in [0.1, 0.15) is 24.2 Å². The summed E-state index contributed by atoms with van der Waals surface area (Å²) in [5, 5.41) is 0.144. The van der Waals surface area contributed by atoms with Crippen LogP contribution in [0.4, 0.5) is 0 Å². The number of piperazine rings is 1. The first-order valence-corrected chi connectivity index (χ1v) is 9.96. The third-order valence-corrected chi connectivity index (χ3v) is 5.44. The predicted octanol–water partition coefficient (Wildman–Crippen LogP) is 2.16. The molecule has 5 nitrogen and oxygen atoms in total. The number of rotatable bonds is 4. The minimum absolute atomic E-state index is 0.00320. The Morgan fingerprint density at radius 3 is 2.35 bits per heavy atom. The molecule has 0 radical (unpaired) electrons. The second-order valence-corrected chi connectivity index (χ2v) is 8.80. The number of sulfone groups is 1. The van der Waals surface area contributed by atoms with Gasteiger partial charge in [0.05, 0.1) is 9.92 Å². The molecule has 128 valence electrons. The molecule has 1 heterocycles. The van der Waals surface area contributed by atoms with Crippen LogP contribution in [-0.2, 0) is 9.84 Å². The van der Waals surface area contributed by atoms with Gasteiger partial charge in [0, 0.05) is 44.5 Å². The Morgan fingerprint density at radius 1 is 1.22 bits per heavy atom. The quantitative estimate of drug-likeness (QED) is 0.827. The van der Waals surface area contributed by atoms with E-state index in [1.807, 2.05) is 0 Å². The van der Waals surface area contributed by atoms with Crippen molar-refractivity contribution < 1.29 is 13.2 Å². The highest BCUT2D eigenvalue weighted by Crippen LogP contribution is 2.23. The Morgan fingerprint density at radius 2 is 1.83 bits per heavy atom. The van der Waals surface area contributed by atoms with Crippen molar-refractivity contribution in [1.29, 1.82) is 0 Å². The van der Waals surface area contributed by atoms with E-state index >= 15 is 0 Å². The molecular weight excluding hydrogens is 336 g/mol. The van der Waals surface area contributed by atoms with E-state index in [0.29, 0.717) is 24.6 Å². The summed E-state index contributed by atoms with van der Waals surface area (Å²) in [5.41, 5.74) is 0.368. The first-order chi connectivity index (χ1) is 10.7. The summed E-state index contributed by atoms with van der Waals surface area (Å²) in [6, 6.07) is 4.43. The Balaban J connectivity index is 2.10. The summed E-state index contributed by atoms with van der Waals surface area (Å²) < 4.78 is 23.5. The number of amides is 1. The van der Waals surface area contributed by atoms with E-state index in [1.54, 1.807) is 11.0 Å². The molecule has 0 aromatic heterocycles. The first kappa shape index (κ1) is 18.2. The minimum Gasteiger partial charge on any atom is -0.336 e. The Hall–Kier alpha value is -1.11. The monoisotopic (exact) mass is 358 g/mol. The fraction of sp³-hybridized carbons (Fsp3) is 0.562. The maximum Gasteiger partial charge on any atom is 0.253 e. The highest BCUT2D eigenvalue weighted by molar-refractivity contribution is 7.90. The van der Waals surface area contributed by atoms with E-state index in [0.717, 1.165) is 25.9 Å². The van der Waals surface area contributed by atoms with Gasteiger partial charge in [0.2, 0.25) is 0 Å². The van der Waals surface area contributed by atoms with Crippen molar-refractivity contribution in [3.63, 3.8) is 0 Å². The average Bonchev–Trinajstić information content (AvgIpc) is 2.46.